The molecule has 7 rings (SSSR count). The molecule has 12 heteroatoms. The van der Waals surface area contributed by atoms with E-state index in [4.69, 9.17) is 17.3 Å². The number of hydrogen-bond acceptors (Lipinski definition) is 8. The van der Waals surface area contributed by atoms with Crippen molar-refractivity contribution in [1.82, 2.24) is 10.6 Å². The molecule has 6 aliphatic rings. The third kappa shape index (κ3) is 9.34. The summed E-state index contributed by atoms with van der Waals surface area (Å²) in [6.07, 6.45) is 11.4. The van der Waals surface area contributed by atoms with E-state index < -0.39 is 23.0 Å². The molecule has 0 spiro atoms. The van der Waals surface area contributed by atoms with Gasteiger partial charge in [-0.2, -0.15) is 0 Å². The number of benzene rings is 1. The quantitative estimate of drug-likeness (QED) is 0.0754. The summed E-state index contributed by atoms with van der Waals surface area (Å²) in [5.41, 5.74) is 10.8. The van der Waals surface area contributed by atoms with Crippen molar-refractivity contribution < 1.29 is 34.2 Å². The van der Waals surface area contributed by atoms with Crippen LogP contribution in [0.3, 0.4) is 0 Å². The number of rotatable bonds is 15. The number of carbonyl (C=O) groups is 5. The van der Waals surface area contributed by atoms with E-state index in [9.17, 15) is 34.2 Å². The smallest absolute Gasteiger partial charge is 0.306 e. The highest BCUT2D eigenvalue weighted by Crippen LogP contribution is 2.68. The van der Waals surface area contributed by atoms with Crippen LogP contribution in [0.1, 0.15) is 141 Å². The number of unbranched alkanes of at least 4 members (excludes halogenated alkanes) is 1. The van der Waals surface area contributed by atoms with Crippen molar-refractivity contribution in [2.45, 2.75) is 137 Å². The Balaban J connectivity index is 0.00000316. The highest BCUT2D eigenvalue weighted by atomic mass is 35.5. The van der Waals surface area contributed by atoms with Crippen LogP contribution in [0.15, 0.2) is 35.4 Å². The van der Waals surface area contributed by atoms with Crippen molar-refractivity contribution in [3.63, 3.8) is 0 Å². The van der Waals surface area contributed by atoms with Crippen molar-refractivity contribution in [1.29, 1.82) is 0 Å². The normalized spacial score (nSPS) is 35.8. The molecule has 2 amide bonds. The number of carboxylic acids is 1. The van der Waals surface area contributed by atoms with Crippen molar-refractivity contribution >= 4 is 41.0 Å². The first kappa shape index (κ1) is 48.3. The summed E-state index contributed by atoms with van der Waals surface area (Å²) in [7, 11) is 1.50. The summed E-state index contributed by atoms with van der Waals surface area (Å²) in [5, 5.41) is 27.5. The average Bonchev–Trinajstić information content (AvgIpc) is 3.53. The molecule has 0 aromatic heterocycles. The van der Waals surface area contributed by atoms with Gasteiger partial charge in [-0.05, 0) is 179 Å². The Bertz CT molecular complexity index is 1870. The fourth-order valence-corrected chi connectivity index (χ4v) is 14.4. The summed E-state index contributed by atoms with van der Waals surface area (Å²) in [6.45, 7) is 11.4. The summed E-state index contributed by atoms with van der Waals surface area (Å²) in [4.78, 5) is 66.3. The Morgan fingerprint density at radius 3 is 2.26 bits per heavy atom. The van der Waals surface area contributed by atoms with Crippen LogP contribution in [0.2, 0.25) is 5.02 Å². The number of fused-ring (bicyclic) bond motifs is 7. The molecule has 13 unspecified atom stereocenters. The molecule has 62 heavy (non-hydrogen) atoms. The van der Waals surface area contributed by atoms with Gasteiger partial charge >= 0.3 is 5.97 Å². The van der Waals surface area contributed by atoms with E-state index in [-0.39, 0.29) is 71.9 Å². The highest BCUT2D eigenvalue weighted by Gasteiger charge is 2.61. The molecule has 0 aliphatic heterocycles. The first-order valence-electron chi connectivity index (χ1n) is 23.8. The highest BCUT2D eigenvalue weighted by molar-refractivity contribution is 6.30. The third-order valence-corrected chi connectivity index (χ3v) is 17.7. The molecule has 11 nitrogen and oxygen atoms in total. The number of aliphatic hydroxyl groups is 1. The molecule has 6 aliphatic carbocycles. The van der Waals surface area contributed by atoms with Gasteiger partial charge in [-0.25, -0.2) is 0 Å². The number of Topliss-reactive ketones (excluding diaryl/α,β-unsaturated/α-hetero) is 2. The van der Waals surface area contributed by atoms with E-state index in [1.165, 1.54) is 12.6 Å². The predicted octanol–water partition coefficient (Wildman–Crippen LogP) is 7.71. The minimum atomic E-state index is -1.69. The Labute approximate surface area is 374 Å². The molecular weight excluding hydrogens is 804 g/mol. The number of carbonyl (C=O) groups excluding carboxylic acids is 4. The van der Waals surface area contributed by atoms with Crippen LogP contribution in [0.4, 0.5) is 0 Å². The van der Waals surface area contributed by atoms with Gasteiger partial charge in [0.15, 0.2) is 11.5 Å². The lowest BCUT2D eigenvalue weighted by Gasteiger charge is -2.63. The maximum absolute atomic E-state index is 14.1. The second-order valence-corrected chi connectivity index (χ2v) is 21.3. The van der Waals surface area contributed by atoms with Gasteiger partial charge in [0.2, 0.25) is 5.91 Å². The number of allylic oxidation sites excluding steroid dienone is 2. The molecule has 0 saturated heterocycles. The Kier molecular flexibility index (Phi) is 15.2. The molecule has 13 atom stereocenters. The van der Waals surface area contributed by atoms with Crippen molar-refractivity contribution in [2.75, 3.05) is 20.1 Å². The van der Waals surface area contributed by atoms with Crippen LogP contribution >= 0.6 is 11.6 Å². The number of nitrogens with two attached hydrogens (primary N) is 2. The molecule has 1 aromatic rings. The van der Waals surface area contributed by atoms with E-state index in [1.807, 2.05) is 6.92 Å². The van der Waals surface area contributed by atoms with Crippen molar-refractivity contribution in [2.24, 2.45) is 87.4 Å². The average molecular weight is 880 g/mol. The molecule has 0 radical (unpaired) electrons. The maximum Gasteiger partial charge on any atom is 0.306 e. The number of halogens is 1. The lowest BCUT2D eigenvalue weighted by atomic mass is 9.42. The molecule has 1 aromatic carbocycles. The lowest BCUT2D eigenvalue weighted by Crippen LogP contribution is -2.56. The molecule has 344 valence electrons. The number of aliphatic carboxylic acids is 1. The van der Waals surface area contributed by atoms with Crippen LogP contribution in [-0.2, 0) is 19.2 Å². The summed E-state index contributed by atoms with van der Waals surface area (Å²) < 4.78 is 0. The zero-order valence-corrected chi connectivity index (χ0v) is 38.9. The van der Waals surface area contributed by atoms with Crippen LogP contribution in [0.25, 0.3) is 0 Å². The van der Waals surface area contributed by atoms with Gasteiger partial charge in [0.1, 0.15) is 5.78 Å². The standard InChI is InChI=1S/C49H70ClN3O7.CH5N/c1-27(2)43-41(55)24-48(25-42(56)52-26-49(60,18-6-7-21-51)53-45(57)30-8-10-32(50)11-9-30)20-17-33-34-12-14-38-28(3)31(22-40(54)36-23-37(29(36)4)46(58)59)16-19-47(38,5)39(34)15-13-35(33)44(43)48;1-2/h8-11,27-29,31,33-39,60H,6-7,12-26,51H2,1-5H3,(H,52,56)(H,53,57)(H,58,59);2H2,1H3. The third-order valence-electron chi connectivity index (χ3n) is 17.4. The minimum absolute atomic E-state index is 0.0645. The minimum Gasteiger partial charge on any atom is -0.481 e. The zero-order chi connectivity index (χ0) is 45.3. The van der Waals surface area contributed by atoms with Crippen LogP contribution in [0.5, 0.6) is 0 Å². The number of hydrogen-bond donors (Lipinski definition) is 6. The second kappa shape index (κ2) is 19.5. The monoisotopic (exact) mass is 879 g/mol. The first-order chi connectivity index (χ1) is 29.4. The Hall–Kier alpha value is -3.12. The van der Waals surface area contributed by atoms with E-state index in [0.717, 1.165) is 56.9 Å². The fraction of sp³-hybridized carbons (Fsp3) is 0.740. The van der Waals surface area contributed by atoms with Gasteiger partial charge in [-0.15, -0.1) is 0 Å². The fourth-order valence-electron chi connectivity index (χ4n) is 14.3. The largest absolute Gasteiger partial charge is 0.481 e. The molecule has 8 N–H and O–H groups in total. The summed E-state index contributed by atoms with van der Waals surface area (Å²) >= 11 is 6.03. The predicted molar refractivity (Wildman–Crippen MR) is 242 cm³/mol. The molecule has 5 fully saturated rings. The number of amides is 2. The van der Waals surface area contributed by atoms with Gasteiger partial charge in [0.05, 0.1) is 12.5 Å². The maximum atomic E-state index is 14.1. The lowest BCUT2D eigenvalue weighted by molar-refractivity contribution is -0.154. The van der Waals surface area contributed by atoms with Crippen LogP contribution in [-0.4, -0.2) is 65.4 Å². The SMILES string of the molecule is CC(C)C1=C2C3CCC4C(CCC5C(C)C(CC(=O)C6CC(C(=O)O)C6C)CCC54C)C3CCC2(CC(=O)NCC(O)(CCCCN)NC(=O)c2ccc(Cl)cc2)CC1=O.CN. The number of ketones is 2. The summed E-state index contributed by atoms with van der Waals surface area (Å²) in [6, 6.07) is 6.42. The van der Waals surface area contributed by atoms with Gasteiger partial charge in [-0.1, -0.05) is 51.8 Å². The Morgan fingerprint density at radius 2 is 1.61 bits per heavy atom. The number of nitrogens with one attached hydrogen (secondary N) is 2. The van der Waals surface area contributed by atoms with Gasteiger partial charge in [-0.3, -0.25) is 24.0 Å². The molecule has 0 bridgehead atoms. The van der Waals surface area contributed by atoms with Crippen molar-refractivity contribution in [3.8, 4) is 0 Å². The molecule has 5 saturated carbocycles. The van der Waals surface area contributed by atoms with E-state index in [2.05, 4.69) is 44.1 Å². The first-order valence-corrected chi connectivity index (χ1v) is 24.2. The molecular formula is C50H75ClN4O7. The van der Waals surface area contributed by atoms with E-state index >= 15 is 0 Å². The second-order valence-electron chi connectivity index (χ2n) is 20.9. The van der Waals surface area contributed by atoms with Crippen molar-refractivity contribution in [3.05, 3.63) is 46.0 Å². The van der Waals surface area contributed by atoms with Crippen LogP contribution in [0, 0.1) is 75.9 Å². The molecule has 0 heterocycles. The van der Waals surface area contributed by atoms with Crippen LogP contribution < -0.4 is 22.1 Å². The van der Waals surface area contributed by atoms with E-state index in [1.54, 1.807) is 24.3 Å². The van der Waals surface area contributed by atoms with Gasteiger partial charge < -0.3 is 32.3 Å². The van der Waals surface area contributed by atoms with Gasteiger partial charge in [0, 0.05) is 41.2 Å². The zero-order valence-electron chi connectivity index (χ0n) is 38.1. The number of carboxylic acid groups (broad SMARTS) is 1. The Morgan fingerprint density at radius 1 is 0.919 bits per heavy atom. The van der Waals surface area contributed by atoms with Gasteiger partial charge in [0.25, 0.3) is 5.91 Å². The van der Waals surface area contributed by atoms with E-state index in [0.29, 0.717) is 84.7 Å². The summed E-state index contributed by atoms with van der Waals surface area (Å²) in [5.74, 6) is 1.73. The topological polar surface area (TPSA) is 202 Å².